The van der Waals surface area contributed by atoms with Crippen LogP contribution in [0.3, 0.4) is 0 Å². The van der Waals surface area contributed by atoms with Crippen molar-refractivity contribution in [2.45, 2.75) is 25.4 Å². The van der Waals surface area contributed by atoms with Gasteiger partial charge in [-0.25, -0.2) is 0 Å². The number of nitrogens with zero attached hydrogens (tertiary/aromatic N) is 3. The Bertz CT molecular complexity index is 1410. The van der Waals surface area contributed by atoms with Crippen LogP contribution in [0.4, 0.5) is 29.2 Å². The monoisotopic (exact) mass is 492 g/mol. The third-order valence-electron chi connectivity index (χ3n) is 6.11. The Morgan fingerprint density at radius 1 is 0.865 bits per heavy atom. The molecule has 1 aliphatic rings. The summed E-state index contributed by atoms with van der Waals surface area (Å²) in [5, 5.41) is 9.37. The topological polar surface area (TPSA) is 144 Å². The van der Waals surface area contributed by atoms with Crippen molar-refractivity contribution < 1.29 is 4.79 Å². The molecule has 37 heavy (non-hydrogen) atoms. The Morgan fingerprint density at radius 3 is 2.27 bits per heavy atom. The molecule has 0 atom stereocenters. The molecule has 0 saturated carbocycles. The number of carbonyl (C=O) groups excluding carboxylic acids is 1. The third-order valence-corrected chi connectivity index (χ3v) is 6.11. The molecule has 0 aliphatic heterocycles. The Labute approximate surface area is 215 Å². The number of aromatic nitrogens is 3. The van der Waals surface area contributed by atoms with E-state index in [4.69, 9.17) is 11.5 Å². The average Bonchev–Trinajstić information content (AvgIpc) is 3.30. The van der Waals surface area contributed by atoms with Crippen LogP contribution in [0.25, 0.3) is 6.08 Å². The van der Waals surface area contributed by atoms with E-state index in [1.165, 1.54) is 17.2 Å². The molecule has 0 radical (unpaired) electrons. The first-order valence-corrected chi connectivity index (χ1v) is 12.0. The van der Waals surface area contributed by atoms with Crippen molar-refractivity contribution in [3.05, 3.63) is 101 Å². The standard InChI is InChI=1S/C28H28N8O/c29-23-7-3-4-8-24(23)33-25(37)14-13-18-9-11-19(12-10-18)17-31-27-34-26(30)35-28(36-27)32-22-15-20-5-1-2-6-21(20)16-22/h1-14,22H,15-17,29H2,(H,33,37)(H4,30,31,32,34,35,36). The summed E-state index contributed by atoms with van der Waals surface area (Å²) >= 11 is 0. The number of fused-ring (bicyclic) bond motifs is 1. The smallest absolute Gasteiger partial charge is 0.248 e. The molecule has 0 unspecified atom stereocenters. The number of benzene rings is 3. The maximum Gasteiger partial charge on any atom is 0.248 e. The molecule has 0 fully saturated rings. The fourth-order valence-corrected chi connectivity index (χ4v) is 4.26. The van der Waals surface area contributed by atoms with Crippen molar-refractivity contribution in [1.29, 1.82) is 0 Å². The highest BCUT2D eigenvalue weighted by molar-refractivity contribution is 6.03. The predicted molar refractivity (Wildman–Crippen MR) is 148 cm³/mol. The largest absolute Gasteiger partial charge is 0.397 e. The van der Waals surface area contributed by atoms with E-state index in [9.17, 15) is 4.79 Å². The zero-order valence-corrected chi connectivity index (χ0v) is 20.2. The number of anilines is 5. The van der Waals surface area contributed by atoms with Gasteiger partial charge in [0.05, 0.1) is 11.4 Å². The lowest BCUT2D eigenvalue weighted by Crippen LogP contribution is -2.22. The number of hydrogen-bond acceptors (Lipinski definition) is 8. The summed E-state index contributed by atoms with van der Waals surface area (Å²) in [7, 11) is 0. The van der Waals surface area contributed by atoms with Crippen LogP contribution in [0.1, 0.15) is 22.3 Å². The molecule has 4 aromatic rings. The van der Waals surface area contributed by atoms with E-state index < -0.39 is 0 Å². The van der Waals surface area contributed by atoms with Gasteiger partial charge in [-0.3, -0.25) is 4.79 Å². The van der Waals surface area contributed by atoms with Gasteiger partial charge in [-0.15, -0.1) is 0 Å². The molecular formula is C28H28N8O. The number of nitrogens with one attached hydrogen (secondary N) is 3. The van der Waals surface area contributed by atoms with Crippen LogP contribution in [0.15, 0.2) is 78.9 Å². The van der Waals surface area contributed by atoms with Gasteiger partial charge < -0.3 is 27.4 Å². The van der Waals surface area contributed by atoms with Crippen molar-refractivity contribution in [3.8, 4) is 0 Å². The molecule has 1 heterocycles. The molecule has 7 N–H and O–H groups in total. The normalized spacial score (nSPS) is 12.9. The van der Waals surface area contributed by atoms with E-state index in [0.29, 0.717) is 29.8 Å². The Morgan fingerprint density at radius 2 is 1.54 bits per heavy atom. The summed E-state index contributed by atoms with van der Waals surface area (Å²) in [5.74, 6) is 0.781. The summed E-state index contributed by atoms with van der Waals surface area (Å²) in [4.78, 5) is 25.1. The highest BCUT2D eigenvalue weighted by Gasteiger charge is 2.21. The molecule has 1 amide bonds. The first kappa shape index (κ1) is 23.8. The minimum atomic E-state index is -0.248. The van der Waals surface area contributed by atoms with Crippen molar-refractivity contribution in [2.24, 2.45) is 0 Å². The molecule has 9 heteroatoms. The maximum absolute atomic E-state index is 12.2. The van der Waals surface area contributed by atoms with Crippen molar-refractivity contribution in [2.75, 3.05) is 27.4 Å². The summed E-state index contributed by atoms with van der Waals surface area (Å²) in [6.07, 6.45) is 5.07. The van der Waals surface area contributed by atoms with Crippen molar-refractivity contribution in [1.82, 2.24) is 15.0 Å². The van der Waals surface area contributed by atoms with E-state index in [2.05, 4.69) is 55.2 Å². The minimum Gasteiger partial charge on any atom is -0.397 e. The van der Waals surface area contributed by atoms with Gasteiger partial charge >= 0.3 is 0 Å². The summed E-state index contributed by atoms with van der Waals surface area (Å²) < 4.78 is 0. The number of nitrogens with two attached hydrogens (primary N) is 2. The van der Waals surface area contributed by atoms with Crippen LogP contribution in [0.2, 0.25) is 0 Å². The predicted octanol–water partition coefficient (Wildman–Crippen LogP) is 3.88. The Balaban J connectivity index is 1.14. The van der Waals surface area contributed by atoms with E-state index >= 15 is 0 Å². The lowest BCUT2D eigenvalue weighted by Gasteiger charge is -2.13. The lowest BCUT2D eigenvalue weighted by atomic mass is 10.1. The molecule has 186 valence electrons. The van der Waals surface area contributed by atoms with Gasteiger partial charge in [0.25, 0.3) is 0 Å². The molecule has 5 rings (SSSR count). The summed E-state index contributed by atoms with van der Waals surface area (Å²) in [5.41, 5.74) is 17.5. The second-order valence-electron chi connectivity index (χ2n) is 8.86. The third kappa shape index (κ3) is 6.21. The van der Waals surface area contributed by atoms with Crippen molar-refractivity contribution >= 4 is 41.2 Å². The molecule has 1 aliphatic carbocycles. The second kappa shape index (κ2) is 10.8. The molecule has 0 saturated heterocycles. The van der Waals surface area contributed by atoms with Gasteiger partial charge in [-0.05, 0) is 53.3 Å². The molecule has 0 bridgehead atoms. The van der Waals surface area contributed by atoms with Crippen LogP contribution >= 0.6 is 0 Å². The minimum absolute atomic E-state index is 0.159. The summed E-state index contributed by atoms with van der Waals surface area (Å²) in [6.45, 7) is 0.509. The van der Waals surface area contributed by atoms with Crippen LogP contribution in [-0.2, 0) is 24.2 Å². The van der Waals surface area contributed by atoms with Gasteiger partial charge in [-0.1, -0.05) is 60.7 Å². The number of hydrogen-bond donors (Lipinski definition) is 5. The number of nitrogen functional groups attached to an aromatic ring is 2. The zero-order chi connectivity index (χ0) is 25.6. The average molecular weight is 493 g/mol. The van der Waals surface area contributed by atoms with Gasteiger partial charge in [0.1, 0.15) is 0 Å². The molecular weight excluding hydrogens is 464 g/mol. The Hall–Kier alpha value is -4.92. The van der Waals surface area contributed by atoms with E-state index in [1.807, 2.05) is 36.4 Å². The number of rotatable bonds is 8. The molecule has 3 aromatic carbocycles. The molecule has 9 nitrogen and oxygen atoms in total. The fraction of sp³-hybridized carbons (Fsp3) is 0.143. The zero-order valence-electron chi connectivity index (χ0n) is 20.2. The highest BCUT2D eigenvalue weighted by atomic mass is 16.1. The van der Waals surface area contributed by atoms with Crippen LogP contribution in [0.5, 0.6) is 0 Å². The lowest BCUT2D eigenvalue weighted by molar-refractivity contribution is -0.111. The van der Waals surface area contributed by atoms with E-state index in [1.54, 1.807) is 18.2 Å². The van der Waals surface area contributed by atoms with Gasteiger partial charge in [0.2, 0.25) is 23.8 Å². The van der Waals surface area contributed by atoms with Crippen LogP contribution in [-0.4, -0.2) is 26.9 Å². The van der Waals surface area contributed by atoms with Gasteiger partial charge in [-0.2, -0.15) is 15.0 Å². The van der Waals surface area contributed by atoms with Gasteiger partial charge in [0.15, 0.2) is 0 Å². The number of para-hydroxylation sites is 2. The quantitative estimate of drug-likeness (QED) is 0.184. The van der Waals surface area contributed by atoms with Gasteiger partial charge in [0, 0.05) is 18.7 Å². The SMILES string of the molecule is Nc1nc(NCc2ccc(C=CC(=O)Nc3ccccc3N)cc2)nc(NC2Cc3ccccc3C2)n1. The first-order valence-electron chi connectivity index (χ1n) is 12.0. The Kier molecular flexibility index (Phi) is 6.93. The first-order chi connectivity index (χ1) is 18.0. The molecule has 1 aromatic heterocycles. The van der Waals surface area contributed by atoms with Crippen LogP contribution < -0.4 is 27.4 Å². The highest BCUT2D eigenvalue weighted by Crippen LogP contribution is 2.24. The molecule has 0 spiro atoms. The fourth-order valence-electron chi connectivity index (χ4n) is 4.26. The number of amides is 1. The van der Waals surface area contributed by atoms with Crippen LogP contribution in [0, 0.1) is 0 Å². The van der Waals surface area contributed by atoms with E-state index in [0.717, 1.165) is 24.0 Å². The second-order valence-corrected chi connectivity index (χ2v) is 8.86. The van der Waals surface area contributed by atoms with Crippen molar-refractivity contribution in [3.63, 3.8) is 0 Å². The summed E-state index contributed by atoms with van der Waals surface area (Å²) in [6, 6.07) is 23.6. The maximum atomic E-state index is 12.2. The number of carbonyl (C=O) groups is 1. The van der Waals surface area contributed by atoms with E-state index in [-0.39, 0.29) is 17.9 Å².